The van der Waals surface area contributed by atoms with Gasteiger partial charge in [-0.05, 0) is 31.7 Å². The molecule has 0 N–H and O–H groups in total. The van der Waals surface area contributed by atoms with Crippen LogP contribution in [0.5, 0.6) is 0 Å². The molecule has 1 atom stereocenters. The maximum atomic E-state index is 12.0. The van der Waals surface area contributed by atoms with Crippen LogP contribution in [0.15, 0.2) is 54.6 Å². The van der Waals surface area contributed by atoms with Gasteiger partial charge in [-0.3, -0.25) is 4.79 Å². The maximum Gasteiger partial charge on any atom is 0.166 e. The maximum absolute atomic E-state index is 12.0. The quantitative estimate of drug-likeness (QED) is 0.611. The van der Waals surface area contributed by atoms with E-state index in [0.29, 0.717) is 12.3 Å². The van der Waals surface area contributed by atoms with Crippen LogP contribution in [0.1, 0.15) is 55.9 Å². The summed E-state index contributed by atoms with van der Waals surface area (Å²) in [5.74, 6) is 0.833. The lowest BCUT2D eigenvalue weighted by molar-refractivity contribution is -0.129. The Kier molecular flexibility index (Phi) is 9.79. The molecule has 0 aromatic heterocycles. The van der Waals surface area contributed by atoms with Crippen molar-refractivity contribution < 1.29 is 9.53 Å². The second-order valence-electron chi connectivity index (χ2n) is 6.93. The summed E-state index contributed by atoms with van der Waals surface area (Å²) in [6, 6.07) is 18.2. The van der Waals surface area contributed by atoms with Gasteiger partial charge in [-0.2, -0.15) is 0 Å². The molecule has 0 bridgehead atoms. The van der Waals surface area contributed by atoms with Crippen molar-refractivity contribution in [1.29, 1.82) is 0 Å². The summed E-state index contributed by atoms with van der Waals surface area (Å²) in [5, 5.41) is 0. The lowest BCUT2D eigenvalue weighted by Crippen LogP contribution is -2.14. The molecule has 0 fully saturated rings. The fraction of sp³-hybridized carbons (Fsp3) is 0.435. The van der Waals surface area contributed by atoms with Crippen molar-refractivity contribution in [2.45, 2.75) is 53.1 Å². The molecular formula is C23H32O2. The van der Waals surface area contributed by atoms with E-state index in [4.69, 9.17) is 4.74 Å². The lowest BCUT2D eigenvalue weighted by Gasteiger charge is -2.14. The van der Waals surface area contributed by atoms with Crippen LogP contribution in [-0.2, 0) is 9.53 Å². The van der Waals surface area contributed by atoms with Crippen molar-refractivity contribution in [3.05, 3.63) is 71.3 Å². The summed E-state index contributed by atoms with van der Waals surface area (Å²) < 4.78 is 5.31. The van der Waals surface area contributed by atoms with Gasteiger partial charge >= 0.3 is 0 Å². The Morgan fingerprint density at radius 3 is 1.88 bits per heavy atom. The molecule has 1 unspecified atom stereocenters. The van der Waals surface area contributed by atoms with Crippen LogP contribution in [0.4, 0.5) is 0 Å². The van der Waals surface area contributed by atoms with E-state index < -0.39 is 6.10 Å². The highest BCUT2D eigenvalue weighted by molar-refractivity contribution is 5.84. The summed E-state index contributed by atoms with van der Waals surface area (Å²) in [6.45, 7) is 8.55. The molecule has 0 saturated heterocycles. The molecule has 0 aliphatic rings. The fourth-order valence-electron chi connectivity index (χ4n) is 2.53. The average Bonchev–Trinajstić information content (AvgIpc) is 2.59. The second-order valence-corrected chi connectivity index (χ2v) is 6.93. The van der Waals surface area contributed by atoms with Crippen LogP contribution >= 0.6 is 0 Å². The number of hydrogen-bond acceptors (Lipinski definition) is 2. The number of Topliss-reactive ketones (excluding diaryl/α,β-unsaturated/α-hetero) is 1. The Bertz CT molecular complexity index is 579. The largest absolute Gasteiger partial charge is 0.369 e. The molecule has 2 aromatic carbocycles. The van der Waals surface area contributed by atoms with Crippen LogP contribution in [0.25, 0.3) is 0 Å². The first-order valence-corrected chi connectivity index (χ1v) is 9.07. The molecule has 2 rings (SSSR count). The van der Waals surface area contributed by atoms with Crippen molar-refractivity contribution in [2.24, 2.45) is 5.92 Å². The standard InChI is InChI=1S/C15H22O2.C8H10/c1-12(2)8-7-11-14(16)15(17-3)13-9-5-4-6-10-13;1-7-3-5-8(2)6-4-7/h4-6,9-10,12,15H,7-8,11H2,1-3H3;3-6H,1-2H3. The van der Waals surface area contributed by atoms with Gasteiger partial charge in [0.25, 0.3) is 0 Å². The summed E-state index contributed by atoms with van der Waals surface area (Å²) in [4.78, 5) is 12.0. The van der Waals surface area contributed by atoms with E-state index in [0.717, 1.165) is 18.4 Å². The monoisotopic (exact) mass is 340 g/mol. The highest BCUT2D eigenvalue weighted by Gasteiger charge is 2.18. The molecule has 0 heterocycles. The minimum atomic E-state index is -0.400. The highest BCUT2D eigenvalue weighted by atomic mass is 16.5. The van der Waals surface area contributed by atoms with Gasteiger partial charge in [-0.15, -0.1) is 0 Å². The van der Waals surface area contributed by atoms with Crippen LogP contribution in [0, 0.1) is 19.8 Å². The number of methoxy groups -OCH3 is 1. The van der Waals surface area contributed by atoms with E-state index in [9.17, 15) is 4.79 Å². The van der Waals surface area contributed by atoms with E-state index in [2.05, 4.69) is 52.0 Å². The summed E-state index contributed by atoms with van der Waals surface area (Å²) in [7, 11) is 1.60. The smallest absolute Gasteiger partial charge is 0.166 e. The molecule has 0 aliphatic heterocycles. The van der Waals surface area contributed by atoms with Gasteiger partial charge in [0.15, 0.2) is 5.78 Å². The van der Waals surface area contributed by atoms with Gasteiger partial charge < -0.3 is 4.74 Å². The van der Waals surface area contributed by atoms with Crippen LogP contribution in [-0.4, -0.2) is 12.9 Å². The molecule has 0 radical (unpaired) electrons. The molecule has 0 saturated carbocycles. The number of ketones is 1. The third-order valence-electron chi connectivity index (χ3n) is 4.05. The summed E-state index contributed by atoms with van der Waals surface area (Å²) in [6.07, 6.45) is 2.24. The Labute approximate surface area is 153 Å². The number of ether oxygens (including phenoxy) is 1. The van der Waals surface area contributed by atoms with Crippen LogP contribution in [0.2, 0.25) is 0 Å². The van der Waals surface area contributed by atoms with Gasteiger partial charge in [0, 0.05) is 13.5 Å². The first-order valence-electron chi connectivity index (χ1n) is 9.07. The van der Waals surface area contributed by atoms with Crippen molar-refractivity contribution in [3.63, 3.8) is 0 Å². The van der Waals surface area contributed by atoms with Crippen molar-refractivity contribution in [3.8, 4) is 0 Å². The summed E-state index contributed by atoms with van der Waals surface area (Å²) >= 11 is 0. The second kappa shape index (κ2) is 11.6. The minimum absolute atomic E-state index is 0.180. The third-order valence-corrected chi connectivity index (χ3v) is 4.05. The molecule has 0 spiro atoms. The Hall–Kier alpha value is -1.93. The minimum Gasteiger partial charge on any atom is -0.369 e. The van der Waals surface area contributed by atoms with Gasteiger partial charge in [0.1, 0.15) is 6.10 Å². The lowest BCUT2D eigenvalue weighted by atomic mass is 9.99. The zero-order valence-corrected chi connectivity index (χ0v) is 16.3. The summed E-state index contributed by atoms with van der Waals surface area (Å²) in [5.41, 5.74) is 3.61. The Morgan fingerprint density at radius 2 is 1.44 bits per heavy atom. The van der Waals surface area contributed by atoms with Crippen LogP contribution < -0.4 is 0 Å². The van der Waals surface area contributed by atoms with Crippen molar-refractivity contribution in [1.82, 2.24) is 0 Å². The number of rotatable bonds is 7. The predicted molar refractivity (Wildman–Crippen MR) is 106 cm³/mol. The highest BCUT2D eigenvalue weighted by Crippen LogP contribution is 2.20. The van der Waals surface area contributed by atoms with E-state index in [1.807, 2.05) is 30.3 Å². The molecule has 0 aliphatic carbocycles. The number of hydrogen-bond donors (Lipinski definition) is 0. The first-order chi connectivity index (χ1) is 11.9. The molecule has 136 valence electrons. The number of aryl methyl sites for hydroxylation is 2. The molecule has 2 heteroatoms. The number of carbonyl (C=O) groups excluding carboxylic acids is 1. The average molecular weight is 341 g/mol. The topological polar surface area (TPSA) is 26.3 Å². The molecule has 0 amide bonds. The Balaban J connectivity index is 0.000000324. The molecule has 2 aromatic rings. The number of carbonyl (C=O) groups is 1. The number of benzene rings is 2. The van der Waals surface area contributed by atoms with Gasteiger partial charge in [-0.1, -0.05) is 86.0 Å². The first kappa shape index (κ1) is 21.1. The normalized spacial score (nSPS) is 11.6. The third kappa shape index (κ3) is 8.64. The molecule has 25 heavy (non-hydrogen) atoms. The van der Waals surface area contributed by atoms with E-state index in [1.54, 1.807) is 7.11 Å². The van der Waals surface area contributed by atoms with E-state index >= 15 is 0 Å². The fourth-order valence-corrected chi connectivity index (χ4v) is 2.53. The molecule has 2 nitrogen and oxygen atoms in total. The molecular weight excluding hydrogens is 308 g/mol. The van der Waals surface area contributed by atoms with E-state index in [-0.39, 0.29) is 5.78 Å². The van der Waals surface area contributed by atoms with Gasteiger partial charge in [0.2, 0.25) is 0 Å². The van der Waals surface area contributed by atoms with Gasteiger partial charge in [-0.25, -0.2) is 0 Å². The van der Waals surface area contributed by atoms with Gasteiger partial charge in [0.05, 0.1) is 0 Å². The zero-order valence-electron chi connectivity index (χ0n) is 16.3. The van der Waals surface area contributed by atoms with Crippen molar-refractivity contribution >= 4 is 5.78 Å². The van der Waals surface area contributed by atoms with E-state index in [1.165, 1.54) is 11.1 Å². The zero-order chi connectivity index (χ0) is 18.7. The predicted octanol–water partition coefficient (Wildman–Crippen LogP) is 6.07. The SMILES string of the molecule is COC(C(=O)CCCC(C)C)c1ccccc1.Cc1ccc(C)cc1. The Morgan fingerprint density at radius 1 is 0.920 bits per heavy atom. The van der Waals surface area contributed by atoms with Crippen molar-refractivity contribution in [2.75, 3.05) is 7.11 Å². The van der Waals surface area contributed by atoms with Crippen LogP contribution in [0.3, 0.4) is 0 Å².